The first-order valence-electron chi connectivity index (χ1n) is 10.1. The van der Waals surface area contributed by atoms with Gasteiger partial charge in [0.15, 0.2) is 5.65 Å². The average molecular weight is 527 g/mol. The zero-order chi connectivity index (χ0) is 23.5. The van der Waals surface area contributed by atoms with Crippen molar-refractivity contribution in [1.82, 2.24) is 19.9 Å². The van der Waals surface area contributed by atoms with Crippen LogP contribution in [0.4, 0.5) is 13.6 Å². The number of hydrogen-bond acceptors (Lipinski definition) is 4. The fourth-order valence-corrected chi connectivity index (χ4v) is 4.53. The Labute approximate surface area is 194 Å². The van der Waals surface area contributed by atoms with Crippen LogP contribution in [0.3, 0.4) is 0 Å². The Morgan fingerprint density at radius 2 is 1.94 bits per heavy atom. The van der Waals surface area contributed by atoms with E-state index in [1.807, 2.05) is 4.57 Å². The van der Waals surface area contributed by atoms with Gasteiger partial charge in [-0.15, -0.1) is 0 Å². The van der Waals surface area contributed by atoms with Crippen LogP contribution in [0, 0.1) is 11.6 Å². The molecule has 1 aromatic carbocycles. The van der Waals surface area contributed by atoms with E-state index in [-0.39, 0.29) is 6.42 Å². The molecule has 0 saturated carbocycles. The Bertz CT molecular complexity index is 1100. The average Bonchev–Trinajstić information content (AvgIpc) is 3.04. The highest BCUT2D eigenvalue weighted by molar-refractivity contribution is 9.10. The van der Waals surface area contributed by atoms with E-state index in [9.17, 15) is 18.7 Å². The molecule has 32 heavy (non-hydrogen) atoms. The molecule has 0 bridgehead atoms. The number of hydrogen-bond donors (Lipinski definition) is 2. The van der Waals surface area contributed by atoms with Crippen LogP contribution in [0.25, 0.3) is 11.2 Å². The number of carboxylic acid groups (broad SMARTS) is 1. The van der Waals surface area contributed by atoms with E-state index in [1.165, 1.54) is 12.1 Å². The van der Waals surface area contributed by atoms with Crippen molar-refractivity contribution >= 4 is 41.3 Å². The lowest BCUT2D eigenvalue weighted by Gasteiger charge is -2.18. The quantitative estimate of drug-likeness (QED) is 0.290. The van der Waals surface area contributed by atoms with Gasteiger partial charge in [0.2, 0.25) is 0 Å². The number of ether oxygens (including phenoxy) is 1. The summed E-state index contributed by atoms with van der Waals surface area (Å²) >= 11 is 3.46. The van der Waals surface area contributed by atoms with E-state index in [0.717, 1.165) is 17.6 Å². The molecule has 2 heterocycles. The molecule has 0 aliphatic heterocycles. The van der Waals surface area contributed by atoms with Crippen LogP contribution < -0.4 is 5.32 Å². The molecule has 1 amide bonds. The number of benzene rings is 1. The summed E-state index contributed by atoms with van der Waals surface area (Å²) in [7, 11) is -1.19. The van der Waals surface area contributed by atoms with Gasteiger partial charge in [-0.2, -0.15) is 0 Å². The molecule has 2 aromatic heterocycles. The van der Waals surface area contributed by atoms with Crippen molar-refractivity contribution in [3.05, 3.63) is 58.0 Å². The predicted octanol–water partition coefficient (Wildman–Crippen LogP) is 5.34. The molecular weight excluding hydrogens is 502 g/mol. The minimum Gasteiger partial charge on any atom is -0.465 e. The number of amides is 1. The van der Waals surface area contributed by atoms with Gasteiger partial charge >= 0.3 is 6.09 Å². The van der Waals surface area contributed by atoms with Crippen LogP contribution in [0.2, 0.25) is 25.7 Å². The summed E-state index contributed by atoms with van der Waals surface area (Å²) in [5, 5.41) is 11.7. The fourth-order valence-electron chi connectivity index (χ4n) is 3.19. The van der Waals surface area contributed by atoms with Crippen molar-refractivity contribution in [3.8, 4) is 0 Å². The second-order valence-electron chi connectivity index (χ2n) is 8.74. The Morgan fingerprint density at radius 3 is 2.56 bits per heavy atom. The van der Waals surface area contributed by atoms with Gasteiger partial charge in [-0.25, -0.2) is 23.5 Å². The number of imidazole rings is 1. The third-order valence-corrected chi connectivity index (χ3v) is 7.15. The lowest BCUT2D eigenvalue weighted by molar-refractivity contribution is 0.0898. The number of nitrogens with zero attached hydrogens (tertiary/aromatic N) is 3. The van der Waals surface area contributed by atoms with Crippen LogP contribution in [0.15, 0.2) is 35.1 Å². The van der Waals surface area contributed by atoms with Gasteiger partial charge in [-0.3, -0.25) is 0 Å². The van der Waals surface area contributed by atoms with E-state index in [0.29, 0.717) is 34.7 Å². The summed E-state index contributed by atoms with van der Waals surface area (Å²) < 4.78 is 35.4. The lowest BCUT2D eigenvalue weighted by Crippen LogP contribution is -2.29. The Balaban J connectivity index is 1.85. The van der Waals surface area contributed by atoms with Crippen molar-refractivity contribution < 1.29 is 23.4 Å². The number of halogens is 3. The molecule has 3 rings (SSSR count). The second kappa shape index (κ2) is 10.0. The standard InChI is InChI=1S/C21H25BrF2N4O3Si/c1-32(2,3)5-4-31-12-28-11-25-20-18(28)10-16(22)19(27-20)17(26-21(29)30)8-13-6-14(23)9-15(24)7-13/h6-7,9-11,17,26H,4-5,8,12H2,1-3H3,(H,29,30). The summed E-state index contributed by atoms with van der Waals surface area (Å²) in [5.41, 5.74) is 1.81. The molecule has 172 valence electrons. The van der Waals surface area contributed by atoms with Gasteiger partial charge in [0, 0.05) is 25.2 Å². The minimum absolute atomic E-state index is 0.0125. The summed E-state index contributed by atoms with van der Waals surface area (Å²) in [6.45, 7) is 7.84. The van der Waals surface area contributed by atoms with E-state index in [1.54, 1.807) is 12.4 Å². The Hall–Kier alpha value is -2.37. The van der Waals surface area contributed by atoms with Gasteiger partial charge in [0.05, 0.1) is 23.6 Å². The van der Waals surface area contributed by atoms with Crippen LogP contribution >= 0.6 is 15.9 Å². The molecular formula is C21H25BrF2N4O3Si. The highest BCUT2D eigenvalue weighted by Gasteiger charge is 2.22. The third-order valence-electron chi connectivity index (χ3n) is 4.81. The van der Waals surface area contributed by atoms with E-state index >= 15 is 0 Å². The summed E-state index contributed by atoms with van der Waals surface area (Å²) in [6.07, 6.45) is 0.352. The molecule has 0 aliphatic carbocycles. The number of aromatic nitrogens is 3. The largest absolute Gasteiger partial charge is 0.465 e. The minimum atomic E-state index is -1.28. The molecule has 1 unspecified atom stereocenters. The molecule has 0 saturated heterocycles. The topological polar surface area (TPSA) is 89.3 Å². The maximum absolute atomic E-state index is 13.6. The zero-order valence-electron chi connectivity index (χ0n) is 18.0. The SMILES string of the molecule is C[Si](C)(C)CCOCn1cnc2nc(C(Cc3cc(F)cc(F)c3)NC(=O)O)c(Br)cc21. The number of nitrogens with one attached hydrogen (secondary N) is 1. The summed E-state index contributed by atoms with van der Waals surface area (Å²) in [4.78, 5) is 20.2. The van der Waals surface area contributed by atoms with Gasteiger partial charge in [0.1, 0.15) is 18.4 Å². The van der Waals surface area contributed by atoms with Crippen molar-refractivity contribution in [3.63, 3.8) is 0 Å². The first-order valence-corrected chi connectivity index (χ1v) is 14.6. The maximum Gasteiger partial charge on any atom is 0.405 e. The first-order chi connectivity index (χ1) is 15.0. The van der Waals surface area contributed by atoms with Crippen molar-refractivity contribution in [2.24, 2.45) is 0 Å². The Kier molecular flexibility index (Phi) is 7.62. The fraction of sp³-hybridized carbons (Fsp3) is 0.381. The highest BCUT2D eigenvalue weighted by atomic mass is 79.9. The zero-order valence-corrected chi connectivity index (χ0v) is 20.6. The third kappa shape index (κ3) is 6.56. The summed E-state index contributed by atoms with van der Waals surface area (Å²) in [6, 6.07) is 5.09. The number of pyridine rings is 1. The normalized spacial score (nSPS) is 12.8. The van der Waals surface area contributed by atoms with Crippen LogP contribution in [0.5, 0.6) is 0 Å². The Morgan fingerprint density at radius 1 is 1.25 bits per heavy atom. The van der Waals surface area contributed by atoms with Gasteiger partial charge in [0.25, 0.3) is 0 Å². The van der Waals surface area contributed by atoms with Crippen LogP contribution in [-0.4, -0.2) is 40.4 Å². The molecule has 0 radical (unpaired) electrons. The molecule has 7 nitrogen and oxygen atoms in total. The van der Waals surface area contributed by atoms with Gasteiger partial charge in [-0.1, -0.05) is 19.6 Å². The number of fused-ring (bicyclic) bond motifs is 1. The predicted molar refractivity (Wildman–Crippen MR) is 123 cm³/mol. The molecule has 2 N–H and O–H groups in total. The smallest absolute Gasteiger partial charge is 0.405 e. The molecule has 11 heteroatoms. The molecule has 1 atom stereocenters. The van der Waals surface area contributed by atoms with Crippen molar-refractivity contribution in [2.75, 3.05) is 6.61 Å². The first kappa shape index (κ1) is 24.3. The molecule has 3 aromatic rings. The lowest BCUT2D eigenvalue weighted by atomic mass is 10.0. The van der Waals surface area contributed by atoms with Crippen LogP contribution in [-0.2, 0) is 17.9 Å². The van der Waals surface area contributed by atoms with Crippen molar-refractivity contribution in [2.45, 2.75) is 44.9 Å². The molecule has 0 aliphatic rings. The number of carbonyl (C=O) groups is 1. The monoisotopic (exact) mass is 526 g/mol. The molecule has 0 fully saturated rings. The van der Waals surface area contributed by atoms with E-state index in [4.69, 9.17) is 4.74 Å². The number of rotatable bonds is 9. The maximum atomic E-state index is 13.6. The van der Waals surface area contributed by atoms with E-state index in [2.05, 4.69) is 50.9 Å². The summed E-state index contributed by atoms with van der Waals surface area (Å²) in [5.74, 6) is -1.46. The van der Waals surface area contributed by atoms with E-state index < -0.39 is 31.8 Å². The van der Waals surface area contributed by atoms with Gasteiger partial charge in [-0.05, 0) is 52.2 Å². The van der Waals surface area contributed by atoms with Gasteiger partial charge < -0.3 is 19.7 Å². The van der Waals surface area contributed by atoms with Crippen LogP contribution in [0.1, 0.15) is 17.3 Å². The van der Waals surface area contributed by atoms with Crippen molar-refractivity contribution in [1.29, 1.82) is 0 Å². The highest BCUT2D eigenvalue weighted by Crippen LogP contribution is 2.28. The molecule has 0 spiro atoms. The second-order valence-corrected chi connectivity index (χ2v) is 15.2.